The van der Waals surface area contributed by atoms with Gasteiger partial charge < -0.3 is 4.90 Å². The summed E-state index contributed by atoms with van der Waals surface area (Å²) in [5.74, 6) is -0.0675. The fourth-order valence-electron chi connectivity index (χ4n) is 4.54. The molecule has 4 heteroatoms. The molecule has 1 atom stereocenters. The fourth-order valence-corrected chi connectivity index (χ4v) is 4.54. The van der Waals surface area contributed by atoms with Gasteiger partial charge in [0.05, 0.1) is 17.7 Å². The molecule has 0 N–H and O–H groups in total. The number of hydrogen-bond donors (Lipinski definition) is 0. The molecule has 126 valence electrons. The Morgan fingerprint density at radius 3 is 2.64 bits per heavy atom. The van der Waals surface area contributed by atoms with Gasteiger partial charge in [-0.15, -0.1) is 0 Å². The number of carbonyl (C=O) groups excluding carboxylic acids is 1. The lowest BCUT2D eigenvalue weighted by atomic mass is 9.61. The smallest absolute Gasteiger partial charge is 0.273 e. The van der Waals surface area contributed by atoms with Crippen LogP contribution in [0.3, 0.4) is 0 Å². The van der Waals surface area contributed by atoms with Gasteiger partial charge in [-0.2, -0.15) is 5.26 Å². The Bertz CT molecular complexity index is 819. The summed E-state index contributed by atoms with van der Waals surface area (Å²) >= 11 is 0. The van der Waals surface area contributed by atoms with E-state index in [9.17, 15) is 4.79 Å². The zero-order valence-corrected chi connectivity index (χ0v) is 14.2. The first-order chi connectivity index (χ1) is 12.2. The first kappa shape index (κ1) is 15.8. The molecule has 4 nitrogen and oxygen atoms in total. The Morgan fingerprint density at radius 2 is 1.92 bits per heavy atom. The summed E-state index contributed by atoms with van der Waals surface area (Å²) in [5.41, 5.74) is 2.26. The monoisotopic (exact) mass is 331 g/mol. The van der Waals surface area contributed by atoms with Crippen molar-refractivity contribution < 1.29 is 4.79 Å². The molecular weight excluding hydrogens is 310 g/mol. The Hall–Kier alpha value is -2.67. The van der Waals surface area contributed by atoms with Gasteiger partial charge in [-0.25, -0.2) is 0 Å². The number of rotatable bonds is 2. The average molecular weight is 331 g/mol. The number of hydrogen-bond acceptors (Lipinski definition) is 3. The maximum atomic E-state index is 13.1. The van der Waals surface area contributed by atoms with Crippen LogP contribution in [0.2, 0.25) is 0 Å². The Kier molecular flexibility index (Phi) is 4.01. The number of aromatic nitrogens is 1. The van der Waals surface area contributed by atoms with Crippen LogP contribution in [0.4, 0.5) is 0 Å². The molecule has 1 spiro atoms. The van der Waals surface area contributed by atoms with E-state index in [-0.39, 0.29) is 17.4 Å². The van der Waals surface area contributed by atoms with Crippen LogP contribution >= 0.6 is 0 Å². The summed E-state index contributed by atoms with van der Waals surface area (Å²) in [7, 11) is 0. The van der Waals surface area contributed by atoms with Gasteiger partial charge in [0, 0.05) is 18.2 Å². The summed E-state index contributed by atoms with van der Waals surface area (Å²) in [6.45, 7) is 0.795. The van der Waals surface area contributed by atoms with Crippen molar-refractivity contribution in [1.29, 1.82) is 5.26 Å². The van der Waals surface area contributed by atoms with Crippen molar-refractivity contribution >= 4 is 5.91 Å². The van der Waals surface area contributed by atoms with Gasteiger partial charge in [0.2, 0.25) is 0 Å². The maximum Gasteiger partial charge on any atom is 0.273 e. The van der Waals surface area contributed by atoms with E-state index < -0.39 is 0 Å². The van der Waals surface area contributed by atoms with E-state index in [0.29, 0.717) is 11.3 Å². The van der Waals surface area contributed by atoms with Crippen LogP contribution in [-0.4, -0.2) is 22.3 Å². The van der Waals surface area contributed by atoms with Crippen molar-refractivity contribution in [1.82, 2.24) is 9.88 Å². The highest BCUT2D eigenvalue weighted by Gasteiger charge is 2.55. The lowest BCUT2D eigenvalue weighted by Gasteiger charge is -2.59. The van der Waals surface area contributed by atoms with Crippen LogP contribution in [0, 0.1) is 16.7 Å². The SMILES string of the molecule is N#Cc1ccnc(C(=O)N2CC3(CCCCC3)C2c2ccccc2)c1. The van der Waals surface area contributed by atoms with E-state index in [4.69, 9.17) is 5.26 Å². The first-order valence-electron chi connectivity index (χ1n) is 8.96. The number of nitrogens with zero attached hydrogens (tertiary/aromatic N) is 3. The van der Waals surface area contributed by atoms with Crippen LogP contribution in [-0.2, 0) is 0 Å². The highest BCUT2D eigenvalue weighted by atomic mass is 16.2. The number of amides is 1. The van der Waals surface area contributed by atoms with Crippen molar-refractivity contribution in [2.24, 2.45) is 5.41 Å². The van der Waals surface area contributed by atoms with Crippen LogP contribution < -0.4 is 0 Å². The van der Waals surface area contributed by atoms with Crippen molar-refractivity contribution in [3.05, 3.63) is 65.5 Å². The number of nitriles is 1. The van der Waals surface area contributed by atoms with Gasteiger partial charge in [-0.3, -0.25) is 9.78 Å². The number of likely N-dealkylation sites (tertiary alicyclic amines) is 1. The minimum absolute atomic E-state index is 0.0675. The second kappa shape index (κ2) is 6.33. The molecule has 2 fully saturated rings. The molecule has 2 heterocycles. The summed E-state index contributed by atoms with van der Waals surface area (Å²) in [6, 6.07) is 15.8. The zero-order valence-electron chi connectivity index (χ0n) is 14.2. The van der Waals surface area contributed by atoms with Gasteiger partial charge in [-0.05, 0) is 30.5 Å². The molecule has 2 aromatic rings. The van der Waals surface area contributed by atoms with E-state index >= 15 is 0 Å². The van der Waals surface area contributed by atoms with Crippen LogP contribution in [0.15, 0.2) is 48.7 Å². The third kappa shape index (κ3) is 2.70. The Balaban J connectivity index is 1.67. The summed E-state index contributed by atoms with van der Waals surface area (Å²) in [5, 5.41) is 9.08. The average Bonchev–Trinajstić information content (AvgIpc) is 2.67. The normalized spacial score (nSPS) is 21.4. The maximum absolute atomic E-state index is 13.1. The predicted octanol–water partition coefficient (Wildman–Crippen LogP) is 4.10. The highest BCUT2D eigenvalue weighted by molar-refractivity contribution is 5.93. The highest BCUT2D eigenvalue weighted by Crippen LogP contribution is 2.57. The molecule has 2 aliphatic rings. The largest absolute Gasteiger partial charge is 0.329 e. The van der Waals surface area contributed by atoms with E-state index in [2.05, 4.69) is 23.2 Å². The molecule has 1 amide bonds. The van der Waals surface area contributed by atoms with Gasteiger partial charge in [0.15, 0.2) is 0 Å². The number of benzene rings is 1. The summed E-state index contributed by atoms with van der Waals surface area (Å²) in [6.07, 6.45) is 7.69. The summed E-state index contributed by atoms with van der Waals surface area (Å²) < 4.78 is 0. The van der Waals surface area contributed by atoms with Crippen molar-refractivity contribution in [2.45, 2.75) is 38.1 Å². The van der Waals surface area contributed by atoms with Gasteiger partial charge in [-0.1, -0.05) is 49.6 Å². The van der Waals surface area contributed by atoms with Crippen molar-refractivity contribution in [2.75, 3.05) is 6.54 Å². The first-order valence-corrected chi connectivity index (χ1v) is 8.96. The molecule has 1 aromatic heterocycles. The third-order valence-electron chi connectivity index (χ3n) is 5.71. The second-order valence-corrected chi connectivity index (χ2v) is 7.21. The molecule has 1 aromatic carbocycles. The lowest BCUT2D eigenvalue weighted by molar-refractivity contribution is -0.0772. The quantitative estimate of drug-likeness (QED) is 0.832. The predicted molar refractivity (Wildman–Crippen MR) is 94.7 cm³/mol. The molecule has 4 rings (SSSR count). The van der Waals surface area contributed by atoms with E-state index in [1.165, 1.54) is 37.7 Å². The fraction of sp³-hybridized carbons (Fsp3) is 0.381. The lowest BCUT2D eigenvalue weighted by Crippen LogP contribution is -2.61. The van der Waals surface area contributed by atoms with Crippen molar-refractivity contribution in [3.63, 3.8) is 0 Å². The Morgan fingerprint density at radius 1 is 1.16 bits per heavy atom. The molecule has 0 bridgehead atoms. The minimum Gasteiger partial charge on any atom is -0.329 e. The number of carbonyl (C=O) groups is 1. The van der Waals surface area contributed by atoms with Gasteiger partial charge in [0.1, 0.15) is 5.69 Å². The number of pyridine rings is 1. The molecule has 0 radical (unpaired) electrons. The molecular formula is C21H21N3O. The van der Waals surface area contributed by atoms with Gasteiger partial charge >= 0.3 is 0 Å². The minimum atomic E-state index is -0.0675. The standard InChI is InChI=1S/C21H21N3O/c22-14-16-9-12-23-18(13-16)20(25)24-15-21(10-5-2-6-11-21)19(24)17-7-3-1-4-8-17/h1,3-4,7-9,12-13,19H,2,5-6,10-11,15H2. The van der Waals surface area contributed by atoms with E-state index in [1.807, 2.05) is 23.1 Å². The zero-order chi connectivity index (χ0) is 17.3. The molecule has 1 saturated carbocycles. The molecule has 1 aliphatic carbocycles. The van der Waals surface area contributed by atoms with Crippen LogP contribution in [0.1, 0.15) is 59.8 Å². The molecule has 1 aliphatic heterocycles. The van der Waals surface area contributed by atoms with Gasteiger partial charge in [0.25, 0.3) is 5.91 Å². The molecule has 25 heavy (non-hydrogen) atoms. The summed E-state index contributed by atoms with van der Waals surface area (Å²) in [4.78, 5) is 19.2. The van der Waals surface area contributed by atoms with E-state index in [0.717, 1.165) is 6.54 Å². The topological polar surface area (TPSA) is 57.0 Å². The third-order valence-corrected chi connectivity index (χ3v) is 5.71. The van der Waals surface area contributed by atoms with Crippen LogP contribution in [0.25, 0.3) is 0 Å². The molecule has 1 saturated heterocycles. The Labute approximate surface area is 148 Å². The molecule has 1 unspecified atom stereocenters. The van der Waals surface area contributed by atoms with E-state index in [1.54, 1.807) is 18.3 Å². The van der Waals surface area contributed by atoms with Crippen molar-refractivity contribution in [3.8, 4) is 6.07 Å². The van der Waals surface area contributed by atoms with Crippen LogP contribution in [0.5, 0.6) is 0 Å². The second-order valence-electron chi connectivity index (χ2n) is 7.21.